The van der Waals surface area contributed by atoms with Gasteiger partial charge in [0.1, 0.15) is 11.3 Å². The monoisotopic (exact) mass is 296 g/mol. The number of carbonyl (C=O) groups is 2. The van der Waals surface area contributed by atoms with Gasteiger partial charge in [0.15, 0.2) is 6.61 Å². The number of rotatable bonds is 7. The molecule has 1 unspecified atom stereocenters. The number of nitro groups is 1. The Kier molecular flexibility index (Phi) is 5.65. The minimum absolute atomic E-state index is 0.00698. The van der Waals surface area contributed by atoms with E-state index in [0.717, 1.165) is 18.6 Å². The predicted octanol–water partition coefficient (Wildman–Crippen LogP) is 1.59. The van der Waals surface area contributed by atoms with Crippen LogP contribution in [0.4, 0.5) is 5.69 Å². The average Bonchev–Trinajstić information content (AvgIpc) is 2.44. The van der Waals surface area contributed by atoms with Crippen molar-refractivity contribution in [1.82, 2.24) is 5.32 Å². The lowest BCUT2D eigenvalue weighted by atomic mass is 10.1. The lowest BCUT2D eigenvalue weighted by molar-refractivity contribution is -0.385. The molecule has 0 spiro atoms. The van der Waals surface area contributed by atoms with Crippen LogP contribution in [-0.4, -0.2) is 34.6 Å². The van der Waals surface area contributed by atoms with Crippen LogP contribution < -0.4 is 10.1 Å². The Hall–Kier alpha value is -2.64. The SMILES string of the molecule is CCC(C)NC(=O)COc1ccc([N+](=O)[O-])c(C(=O)O)c1. The lowest BCUT2D eigenvalue weighted by Gasteiger charge is -2.12. The number of amides is 1. The van der Waals surface area contributed by atoms with Crippen molar-refractivity contribution in [2.75, 3.05) is 6.61 Å². The summed E-state index contributed by atoms with van der Waals surface area (Å²) < 4.78 is 5.14. The van der Waals surface area contributed by atoms with Gasteiger partial charge >= 0.3 is 5.97 Å². The topological polar surface area (TPSA) is 119 Å². The molecule has 0 heterocycles. The highest BCUT2D eigenvalue weighted by Crippen LogP contribution is 2.24. The first-order valence-electron chi connectivity index (χ1n) is 6.29. The number of nitro benzene ring substituents is 1. The van der Waals surface area contributed by atoms with Crippen LogP contribution in [0.5, 0.6) is 5.75 Å². The number of carboxylic acids is 1. The van der Waals surface area contributed by atoms with E-state index in [0.29, 0.717) is 0 Å². The van der Waals surface area contributed by atoms with E-state index in [-0.39, 0.29) is 24.3 Å². The number of nitrogens with one attached hydrogen (secondary N) is 1. The zero-order valence-electron chi connectivity index (χ0n) is 11.7. The van der Waals surface area contributed by atoms with Crippen LogP contribution in [-0.2, 0) is 4.79 Å². The highest BCUT2D eigenvalue weighted by Gasteiger charge is 2.20. The van der Waals surface area contributed by atoms with Crippen LogP contribution in [0.1, 0.15) is 30.6 Å². The number of carboxylic acid groups (broad SMARTS) is 1. The number of ether oxygens (including phenoxy) is 1. The first-order valence-corrected chi connectivity index (χ1v) is 6.29. The van der Waals surface area contributed by atoms with Gasteiger partial charge in [-0.1, -0.05) is 6.92 Å². The molecule has 0 aliphatic heterocycles. The van der Waals surface area contributed by atoms with E-state index in [9.17, 15) is 19.7 Å². The van der Waals surface area contributed by atoms with Crippen molar-refractivity contribution in [1.29, 1.82) is 0 Å². The molecule has 21 heavy (non-hydrogen) atoms. The second kappa shape index (κ2) is 7.22. The molecule has 1 amide bonds. The molecule has 0 aliphatic carbocycles. The van der Waals surface area contributed by atoms with Crippen molar-refractivity contribution in [2.24, 2.45) is 0 Å². The van der Waals surface area contributed by atoms with E-state index in [4.69, 9.17) is 9.84 Å². The molecular weight excluding hydrogens is 280 g/mol. The normalized spacial score (nSPS) is 11.5. The second-order valence-corrected chi connectivity index (χ2v) is 4.41. The van der Waals surface area contributed by atoms with Gasteiger partial charge in [-0.3, -0.25) is 14.9 Å². The number of hydrogen-bond acceptors (Lipinski definition) is 5. The third kappa shape index (κ3) is 4.75. The maximum Gasteiger partial charge on any atom is 0.342 e. The molecule has 8 nitrogen and oxygen atoms in total. The highest BCUT2D eigenvalue weighted by molar-refractivity contribution is 5.92. The van der Waals surface area contributed by atoms with Crippen molar-refractivity contribution >= 4 is 17.6 Å². The summed E-state index contributed by atoms with van der Waals surface area (Å²) in [4.78, 5) is 32.4. The van der Waals surface area contributed by atoms with E-state index in [1.54, 1.807) is 0 Å². The van der Waals surface area contributed by atoms with Crippen molar-refractivity contribution in [3.63, 3.8) is 0 Å². The summed E-state index contributed by atoms with van der Waals surface area (Å²) in [6.07, 6.45) is 0.770. The van der Waals surface area contributed by atoms with Crippen molar-refractivity contribution < 1.29 is 24.4 Å². The van der Waals surface area contributed by atoms with Gasteiger partial charge in [0.2, 0.25) is 0 Å². The Morgan fingerprint density at radius 1 is 1.48 bits per heavy atom. The number of nitrogens with zero attached hydrogens (tertiary/aromatic N) is 1. The number of benzene rings is 1. The van der Waals surface area contributed by atoms with Crippen molar-refractivity contribution in [3.05, 3.63) is 33.9 Å². The molecule has 0 radical (unpaired) electrons. The summed E-state index contributed by atoms with van der Waals surface area (Å²) >= 11 is 0. The third-order valence-electron chi connectivity index (χ3n) is 2.78. The van der Waals surface area contributed by atoms with Gasteiger partial charge < -0.3 is 15.2 Å². The fourth-order valence-electron chi connectivity index (χ4n) is 1.50. The molecule has 0 saturated carbocycles. The zero-order valence-corrected chi connectivity index (χ0v) is 11.7. The minimum atomic E-state index is -1.43. The van der Waals surface area contributed by atoms with Gasteiger partial charge in [0.25, 0.3) is 11.6 Å². The first kappa shape index (κ1) is 16.4. The standard InChI is InChI=1S/C13H16N2O6/c1-3-8(2)14-12(16)7-21-9-4-5-11(15(19)20)10(6-9)13(17)18/h4-6,8H,3,7H2,1-2H3,(H,14,16)(H,17,18). The van der Waals surface area contributed by atoms with E-state index in [1.807, 2.05) is 13.8 Å². The van der Waals surface area contributed by atoms with Gasteiger partial charge in [-0.25, -0.2) is 4.79 Å². The smallest absolute Gasteiger partial charge is 0.342 e. The van der Waals surface area contributed by atoms with Gasteiger partial charge in [-0.2, -0.15) is 0 Å². The summed E-state index contributed by atoms with van der Waals surface area (Å²) in [5.74, 6) is -1.70. The summed E-state index contributed by atoms with van der Waals surface area (Å²) in [5, 5.41) is 22.3. The third-order valence-corrected chi connectivity index (χ3v) is 2.78. The quantitative estimate of drug-likeness (QED) is 0.582. The van der Waals surface area contributed by atoms with E-state index >= 15 is 0 Å². The maximum atomic E-state index is 11.5. The Morgan fingerprint density at radius 3 is 2.67 bits per heavy atom. The minimum Gasteiger partial charge on any atom is -0.484 e. The molecule has 0 aromatic heterocycles. The van der Waals surface area contributed by atoms with Crippen molar-refractivity contribution in [2.45, 2.75) is 26.3 Å². The van der Waals surface area contributed by atoms with Crippen LogP contribution in [0.25, 0.3) is 0 Å². The van der Waals surface area contributed by atoms with Gasteiger partial charge in [0, 0.05) is 18.2 Å². The first-order chi connectivity index (χ1) is 9.85. The molecule has 114 valence electrons. The highest BCUT2D eigenvalue weighted by atomic mass is 16.6. The van der Waals surface area contributed by atoms with E-state index < -0.39 is 22.1 Å². The number of carbonyl (C=O) groups excluding carboxylic acids is 1. The van der Waals surface area contributed by atoms with Gasteiger partial charge in [0.05, 0.1) is 4.92 Å². The van der Waals surface area contributed by atoms with Crippen LogP contribution >= 0.6 is 0 Å². The fourth-order valence-corrected chi connectivity index (χ4v) is 1.50. The predicted molar refractivity (Wildman–Crippen MR) is 73.4 cm³/mol. The number of hydrogen-bond donors (Lipinski definition) is 2. The summed E-state index contributed by atoms with van der Waals surface area (Å²) in [6, 6.07) is 3.32. The largest absolute Gasteiger partial charge is 0.484 e. The molecule has 2 N–H and O–H groups in total. The molecule has 8 heteroatoms. The lowest BCUT2D eigenvalue weighted by Crippen LogP contribution is -2.35. The molecule has 1 aromatic rings. The Morgan fingerprint density at radius 2 is 2.14 bits per heavy atom. The summed E-state index contributed by atoms with van der Waals surface area (Å²) in [6.45, 7) is 3.47. The van der Waals surface area contributed by atoms with Crippen molar-refractivity contribution in [3.8, 4) is 5.75 Å². The van der Waals surface area contributed by atoms with Crippen LogP contribution in [0.2, 0.25) is 0 Å². The molecule has 1 atom stereocenters. The second-order valence-electron chi connectivity index (χ2n) is 4.41. The zero-order chi connectivity index (χ0) is 16.0. The van der Waals surface area contributed by atoms with Crippen LogP contribution in [0.15, 0.2) is 18.2 Å². The van der Waals surface area contributed by atoms with Crippen LogP contribution in [0.3, 0.4) is 0 Å². The maximum absolute atomic E-state index is 11.5. The molecule has 1 aromatic carbocycles. The molecular formula is C13H16N2O6. The Bertz CT molecular complexity index is 558. The van der Waals surface area contributed by atoms with Crippen LogP contribution in [0, 0.1) is 10.1 Å². The Balaban J connectivity index is 2.77. The molecule has 0 saturated heterocycles. The van der Waals surface area contributed by atoms with Gasteiger partial charge in [-0.15, -0.1) is 0 Å². The average molecular weight is 296 g/mol. The molecule has 1 rings (SSSR count). The van der Waals surface area contributed by atoms with E-state index in [2.05, 4.69) is 5.32 Å². The molecule has 0 aliphatic rings. The Labute approximate surface area is 120 Å². The number of aromatic carboxylic acids is 1. The fraction of sp³-hybridized carbons (Fsp3) is 0.385. The summed E-state index contributed by atoms with van der Waals surface area (Å²) in [5.41, 5.74) is -1.02. The summed E-state index contributed by atoms with van der Waals surface area (Å²) in [7, 11) is 0. The molecule has 0 fully saturated rings. The van der Waals surface area contributed by atoms with Gasteiger partial charge in [-0.05, 0) is 19.4 Å². The molecule has 0 bridgehead atoms. The van der Waals surface area contributed by atoms with E-state index in [1.165, 1.54) is 6.07 Å².